The van der Waals surface area contributed by atoms with Gasteiger partial charge in [0.15, 0.2) is 0 Å². The van der Waals surface area contributed by atoms with Crippen molar-refractivity contribution < 1.29 is 24.5 Å². The van der Waals surface area contributed by atoms with Gasteiger partial charge < -0.3 is 20.7 Å². The second-order valence-electron chi connectivity index (χ2n) is 9.29. The average Bonchev–Trinajstić information content (AvgIpc) is 2.87. The number of primary amides is 1. The van der Waals surface area contributed by atoms with Crippen molar-refractivity contribution in [3.63, 3.8) is 0 Å². The minimum absolute atomic E-state index is 0. The predicted octanol–water partition coefficient (Wildman–Crippen LogP) is 2.03. The van der Waals surface area contributed by atoms with Gasteiger partial charge in [0.1, 0.15) is 0 Å². The lowest BCUT2D eigenvalue weighted by Crippen LogP contribution is -2.48. The van der Waals surface area contributed by atoms with Crippen LogP contribution in [0, 0.1) is 11.8 Å². The van der Waals surface area contributed by atoms with Crippen LogP contribution in [0.2, 0.25) is 0 Å². The van der Waals surface area contributed by atoms with E-state index in [2.05, 4.69) is 34.1 Å². The molecule has 4 atom stereocenters. The van der Waals surface area contributed by atoms with Gasteiger partial charge >= 0.3 is 5.97 Å². The Kier molecular flexibility index (Phi) is 12.0. The number of amides is 1. The van der Waals surface area contributed by atoms with Crippen molar-refractivity contribution in [2.45, 2.75) is 45.6 Å². The summed E-state index contributed by atoms with van der Waals surface area (Å²) in [6.45, 7) is 4.33. The highest BCUT2D eigenvalue weighted by molar-refractivity contribution is 5.77. The predicted molar refractivity (Wildman–Crippen MR) is 140 cm³/mol. The van der Waals surface area contributed by atoms with E-state index in [0.717, 1.165) is 26.2 Å². The molecule has 4 unspecified atom stereocenters. The highest BCUT2D eigenvalue weighted by Gasteiger charge is 2.34. The summed E-state index contributed by atoms with van der Waals surface area (Å²) in [6.07, 6.45) is 0.0662. The van der Waals surface area contributed by atoms with Crippen molar-refractivity contribution in [1.82, 2.24) is 9.80 Å². The third-order valence-corrected chi connectivity index (χ3v) is 6.69. The molecule has 4 rings (SSSR count). The normalized spacial score (nSPS) is 24.5. The molecule has 198 valence electrons. The zero-order chi connectivity index (χ0) is 25.2. The van der Waals surface area contributed by atoms with Gasteiger partial charge in [-0.25, -0.2) is 0 Å². The number of likely N-dealkylation sites (tertiary alicyclic amines) is 2. The zero-order valence-corrected chi connectivity index (χ0v) is 20.3. The van der Waals surface area contributed by atoms with Crippen LogP contribution >= 0.6 is 0 Å². The van der Waals surface area contributed by atoms with Gasteiger partial charge in [-0.05, 0) is 24.0 Å². The molecule has 8 heteroatoms. The molecule has 4 N–H and O–H groups in total. The number of benzene rings is 2. The SMILES string of the molecule is C.COC(=O)C1CN(Cc2ccccc2)CCC1O.NC(=O)C1CN(Cc2ccccc2)CCC1O. The Morgan fingerprint density at radius 1 is 0.833 bits per heavy atom. The lowest BCUT2D eigenvalue weighted by molar-refractivity contribution is -0.152. The van der Waals surface area contributed by atoms with Crippen LogP contribution in [-0.4, -0.2) is 77.4 Å². The van der Waals surface area contributed by atoms with Crippen LogP contribution in [0.3, 0.4) is 0 Å². The zero-order valence-electron chi connectivity index (χ0n) is 20.3. The van der Waals surface area contributed by atoms with E-state index in [1.807, 2.05) is 36.4 Å². The van der Waals surface area contributed by atoms with E-state index in [0.29, 0.717) is 25.9 Å². The van der Waals surface area contributed by atoms with E-state index in [9.17, 15) is 19.8 Å². The first-order valence-electron chi connectivity index (χ1n) is 12.1. The molecule has 2 fully saturated rings. The van der Waals surface area contributed by atoms with Crippen molar-refractivity contribution in [2.24, 2.45) is 17.6 Å². The van der Waals surface area contributed by atoms with Gasteiger partial charge in [0.25, 0.3) is 0 Å². The van der Waals surface area contributed by atoms with Crippen LogP contribution < -0.4 is 5.73 Å². The Labute approximate surface area is 214 Å². The summed E-state index contributed by atoms with van der Waals surface area (Å²) >= 11 is 0. The number of ether oxygens (including phenoxy) is 1. The summed E-state index contributed by atoms with van der Waals surface area (Å²) in [4.78, 5) is 27.1. The summed E-state index contributed by atoms with van der Waals surface area (Å²) in [6, 6.07) is 20.2. The molecule has 36 heavy (non-hydrogen) atoms. The van der Waals surface area contributed by atoms with Crippen molar-refractivity contribution in [3.05, 3.63) is 71.8 Å². The number of nitrogens with two attached hydrogens (primary N) is 1. The number of methoxy groups -OCH3 is 1. The third-order valence-electron chi connectivity index (χ3n) is 6.69. The number of esters is 1. The van der Waals surface area contributed by atoms with Crippen LogP contribution in [0.25, 0.3) is 0 Å². The molecule has 0 saturated carbocycles. The number of piperidine rings is 2. The number of nitrogens with zero attached hydrogens (tertiary/aromatic N) is 2. The Balaban J connectivity index is 0.000000247. The molecule has 0 bridgehead atoms. The smallest absolute Gasteiger partial charge is 0.312 e. The lowest BCUT2D eigenvalue weighted by Gasteiger charge is -2.34. The van der Waals surface area contributed by atoms with Gasteiger partial charge in [-0.15, -0.1) is 0 Å². The first-order chi connectivity index (χ1) is 16.9. The lowest BCUT2D eigenvalue weighted by atomic mass is 9.94. The van der Waals surface area contributed by atoms with Crippen LogP contribution in [0.15, 0.2) is 60.7 Å². The largest absolute Gasteiger partial charge is 0.469 e. The topological polar surface area (TPSA) is 116 Å². The molecular formula is C28H41N3O5. The second-order valence-corrected chi connectivity index (χ2v) is 9.29. The number of rotatable bonds is 6. The minimum Gasteiger partial charge on any atom is -0.469 e. The number of aliphatic hydroxyl groups is 2. The van der Waals surface area contributed by atoms with Gasteiger partial charge in [0.2, 0.25) is 5.91 Å². The first-order valence-corrected chi connectivity index (χ1v) is 12.1. The van der Waals surface area contributed by atoms with Gasteiger partial charge in [-0.2, -0.15) is 0 Å². The van der Waals surface area contributed by atoms with Crippen LogP contribution in [0.1, 0.15) is 31.4 Å². The van der Waals surface area contributed by atoms with E-state index in [1.54, 1.807) is 0 Å². The molecule has 8 nitrogen and oxygen atoms in total. The van der Waals surface area contributed by atoms with E-state index >= 15 is 0 Å². The van der Waals surface area contributed by atoms with Crippen LogP contribution in [0.5, 0.6) is 0 Å². The molecular weight excluding hydrogens is 458 g/mol. The number of carbonyl (C=O) groups excluding carboxylic acids is 2. The van der Waals surface area contributed by atoms with Gasteiger partial charge in [-0.3, -0.25) is 19.4 Å². The molecule has 0 radical (unpaired) electrons. The summed E-state index contributed by atoms with van der Waals surface area (Å²) in [5.74, 6) is -1.59. The van der Waals surface area contributed by atoms with Crippen molar-refractivity contribution in [1.29, 1.82) is 0 Å². The molecule has 0 aliphatic carbocycles. The molecule has 2 aliphatic heterocycles. The van der Waals surface area contributed by atoms with Crippen LogP contribution in [-0.2, 0) is 27.4 Å². The summed E-state index contributed by atoms with van der Waals surface area (Å²) in [5.41, 5.74) is 7.72. The Hall–Kier alpha value is -2.78. The molecule has 0 spiro atoms. The number of aliphatic hydroxyl groups excluding tert-OH is 2. The van der Waals surface area contributed by atoms with E-state index in [4.69, 9.17) is 10.5 Å². The third kappa shape index (κ3) is 8.71. The molecule has 2 aromatic carbocycles. The molecule has 2 aromatic rings. The van der Waals surface area contributed by atoms with Crippen molar-refractivity contribution >= 4 is 11.9 Å². The highest BCUT2D eigenvalue weighted by atomic mass is 16.5. The maximum Gasteiger partial charge on any atom is 0.312 e. The van der Waals surface area contributed by atoms with Gasteiger partial charge in [0.05, 0.1) is 31.2 Å². The summed E-state index contributed by atoms with van der Waals surface area (Å²) < 4.78 is 4.73. The highest BCUT2D eigenvalue weighted by Crippen LogP contribution is 2.21. The van der Waals surface area contributed by atoms with E-state index in [-0.39, 0.29) is 13.4 Å². The molecule has 2 saturated heterocycles. The Morgan fingerprint density at radius 2 is 1.25 bits per heavy atom. The second kappa shape index (κ2) is 14.7. The van der Waals surface area contributed by atoms with Gasteiger partial charge in [-0.1, -0.05) is 68.1 Å². The quantitative estimate of drug-likeness (QED) is 0.521. The fourth-order valence-electron chi connectivity index (χ4n) is 4.65. The number of hydrogen-bond donors (Lipinski definition) is 3. The molecule has 2 aliphatic rings. The fourth-order valence-corrected chi connectivity index (χ4v) is 4.65. The van der Waals surface area contributed by atoms with E-state index < -0.39 is 30.0 Å². The minimum atomic E-state index is -0.584. The standard InChI is InChI=1S/C14H19NO3.C13H18N2O2.CH4/c1-18-14(17)12-10-15(8-7-13(12)16)9-11-5-3-2-4-6-11;14-13(17)11-9-15(7-6-12(11)16)8-10-4-2-1-3-5-10;/h2-6,12-13,16H,7-10H2,1H3;1-5,11-12,16H,6-9H2,(H2,14,17);1H4. The maximum absolute atomic E-state index is 11.6. The summed E-state index contributed by atoms with van der Waals surface area (Å²) in [7, 11) is 1.37. The average molecular weight is 500 g/mol. The first kappa shape index (κ1) is 29.5. The Bertz CT molecular complexity index is 927. The maximum atomic E-state index is 11.6. The van der Waals surface area contributed by atoms with E-state index in [1.165, 1.54) is 18.2 Å². The molecule has 0 aromatic heterocycles. The van der Waals surface area contributed by atoms with Crippen molar-refractivity contribution in [2.75, 3.05) is 33.3 Å². The molecule has 1 amide bonds. The summed E-state index contributed by atoms with van der Waals surface area (Å²) in [5, 5.41) is 19.5. The van der Waals surface area contributed by atoms with Gasteiger partial charge in [0, 0.05) is 39.3 Å². The Morgan fingerprint density at radius 3 is 1.67 bits per heavy atom. The van der Waals surface area contributed by atoms with Crippen molar-refractivity contribution in [3.8, 4) is 0 Å². The van der Waals surface area contributed by atoms with Crippen LogP contribution in [0.4, 0.5) is 0 Å². The number of hydrogen-bond acceptors (Lipinski definition) is 7. The molecule has 2 heterocycles. The fraction of sp³-hybridized carbons (Fsp3) is 0.500. The number of carbonyl (C=O) groups is 2. The monoisotopic (exact) mass is 499 g/mol.